The van der Waals surface area contributed by atoms with Gasteiger partial charge in [-0.15, -0.1) is 4.40 Å². The molecule has 0 saturated carbocycles. The van der Waals surface area contributed by atoms with E-state index in [4.69, 9.17) is 0 Å². The van der Waals surface area contributed by atoms with E-state index >= 15 is 0 Å². The van der Waals surface area contributed by atoms with E-state index < -0.39 is 10.2 Å². The average Bonchev–Trinajstić information content (AvgIpc) is 2.00. The van der Waals surface area contributed by atoms with Gasteiger partial charge in [0.1, 0.15) is 9.54 Å². The van der Waals surface area contributed by atoms with E-state index in [1.165, 1.54) is 0 Å². The fourth-order valence-corrected chi connectivity index (χ4v) is 2.93. The number of nitrogens with zero attached hydrogens (tertiary/aromatic N) is 3. The van der Waals surface area contributed by atoms with Gasteiger partial charge in [-0.1, -0.05) is 0 Å². The Morgan fingerprint density at radius 3 is 2.93 bits per heavy atom. The van der Waals surface area contributed by atoms with Gasteiger partial charge in [0.2, 0.25) is 0 Å². The first-order chi connectivity index (χ1) is 6.48. The van der Waals surface area contributed by atoms with Crippen LogP contribution in [0.1, 0.15) is 11.4 Å². The van der Waals surface area contributed by atoms with Crippen molar-refractivity contribution in [2.24, 2.45) is 4.40 Å². The van der Waals surface area contributed by atoms with Crippen LogP contribution in [0.5, 0.6) is 0 Å². The summed E-state index contributed by atoms with van der Waals surface area (Å²) < 4.78 is 28.4. The van der Waals surface area contributed by atoms with Crippen molar-refractivity contribution in [1.29, 1.82) is 0 Å². The minimum Gasteiger partial charge on any atom is -0.248 e. The summed E-state index contributed by atoms with van der Waals surface area (Å²) in [5.41, 5.74) is 0.603. The van der Waals surface area contributed by atoms with Crippen LogP contribution >= 0.6 is 22.6 Å². The maximum absolute atomic E-state index is 11.2. The predicted molar refractivity (Wildman–Crippen MR) is 59.9 cm³/mol. The summed E-state index contributed by atoms with van der Waals surface area (Å²) in [6.07, 6.45) is 1.55. The van der Waals surface area contributed by atoms with E-state index in [0.29, 0.717) is 15.1 Å². The van der Waals surface area contributed by atoms with Crippen molar-refractivity contribution in [2.75, 3.05) is 4.72 Å². The Kier molecular flexibility index (Phi) is 2.18. The fraction of sp³-hybridized carbons (Fsp3) is 0.167. The molecule has 0 aliphatic carbocycles. The van der Waals surface area contributed by atoms with Crippen LogP contribution in [0.15, 0.2) is 10.6 Å². The van der Waals surface area contributed by atoms with Gasteiger partial charge in [-0.05, 0) is 29.5 Å². The molecule has 0 bridgehead atoms. The number of nitrogens with one attached hydrogen (secondary N) is 1. The highest BCUT2D eigenvalue weighted by molar-refractivity contribution is 14.1. The molecule has 74 valence electrons. The number of rotatable bonds is 0. The van der Waals surface area contributed by atoms with Gasteiger partial charge in [0.25, 0.3) is 0 Å². The highest BCUT2D eigenvalue weighted by atomic mass is 127. The molecule has 0 saturated heterocycles. The Labute approximate surface area is 94.2 Å². The number of aryl methyl sites for hydroxylation is 1. The fourth-order valence-electron chi connectivity index (χ4n) is 0.998. The molecular weight excluding hydrogens is 319 g/mol. The number of halogens is 1. The van der Waals surface area contributed by atoms with Crippen LogP contribution in [0.2, 0.25) is 0 Å². The number of hydrogen-bond acceptors (Lipinski definition) is 4. The molecule has 1 aromatic rings. The topological polar surface area (TPSA) is 84.3 Å². The molecule has 0 spiro atoms. The number of hydrogen-bond donors (Lipinski definition) is 1. The Bertz CT molecular complexity index is 525. The van der Waals surface area contributed by atoms with Gasteiger partial charge in [0.05, 0.1) is 5.56 Å². The zero-order chi connectivity index (χ0) is 10.3. The Balaban J connectivity index is 2.68. The van der Waals surface area contributed by atoms with Crippen molar-refractivity contribution in [1.82, 2.24) is 9.97 Å². The molecule has 0 fully saturated rings. The highest BCUT2D eigenvalue weighted by Gasteiger charge is 2.22. The number of fused-ring (bicyclic) bond motifs is 1. The summed E-state index contributed by atoms with van der Waals surface area (Å²) in [7, 11) is -3.62. The normalized spacial score (nSPS) is 18.0. The smallest absolute Gasteiger partial charge is 0.248 e. The summed E-state index contributed by atoms with van der Waals surface area (Å²) in [6, 6.07) is 0. The molecular formula is C6H5IN4O2S. The van der Waals surface area contributed by atoms with E-state index in [-0.39, 0.29) is 5.82 Å². The Hall–Kier alpha value is -0.770. The van der Waals surface area contributed by atoms with Gasteiger partial charge in [-0.2, -0.15) is 8.42 Å². The van der Waals surface area contributed by atoms with Crippen LogP contribution in [0.25, 0.3) is 0 Å². The molecule has 2 heterocycles. The second-order valence-electron chi connectivity index (χ2n) is 2.64. The molecule has 0 radical (unpaired) electrons. The second-order valence-corrected chi connectivity index (χ2v) is 5.00. The lowest BCUT2D eigenvalue weighted by Gasteiger charge is -2.13. The molecule has 0 atom stereocenters. The maximum Gasteiger partial charge on any atom is 0.344 e. The van der Waals surface area contributed by atoms with Crippen molar-refractivity contribution in [3.63, 3.8) is 0 Å². The highest BCUT2D eigenvalue weighted by Crippen LogP contribution is 2.23. The lowest BCUT2D eigenvalue weighted by atomic mass is 10.3. The number of anilines is 1. The summed E-state index contributed by atoms with van der Waals surface area (Å²) >= 11 is 1.84. The summed E-state index contributed by atoms with van der Waals surface area (Å²) in [6.45, 7) is 1.69. The molecule has 14 heavy (non-hydrogen) atoms. The average molecular weight is 324 g/mol. The van der Waals surface area contributed by atoms with E-state index in [0.717, 1.165) is 0 Å². The van der Waals surface area contributed by atoms with Gasteiger partial charge >= 0.3 is 10.2 Å². The van der Waals surface area contributed by atoms with Crippen LogP contribution in [-0.2, 0) is 10.2 Å². The summed E-state index contributed by atoms with van der Waals surface area (Å²) in [4.78, 5) is 7.93. The molecule has 2 rings (SSSR count). The zero-order valence-corrected chi connectivity index (χ0v) is 10.00. The van der Waals surface area contributed by atoms with Gasteiger partial charge < -0.3 is 0 Å². The largest absolute Gasteiger partial charge is 0.344 e. The molecule has 1 aromatic heterocycles. The van der Waals surface area contributed by atoms with Gasteiger partial charge in [0, 0.05) is 6.20 Å². The third kappa shape index (κ3) is 1.71. The van der Waals surface area contributed by atoms with Crippen molar-refractivity contribution >= 4 is 42.3 Å². The van der Waals surface area contributed by atoms with Crippen LogP contribution in [0.4, 0.5) is 5.82 Å². The van der Waals surface area contributed by atoms with E-state index in [9.17, 15) is 8.42 Å². The summed E-state index contributed by atoms with van der Waals surface area (Å²) in [5, 5.41) is 0. The molecule has 6 nitrogen and oxygen atoms in total. The molecule has 8 heteroatoms. The summed E-state index contributed by atoms with van der Waals surface area (Å²) in [5.74, 6) is 0.800. The third-order valence-electron chi connectivity index (χ3n) is 1.56. The minimum absolute atomic E-state index is 0.289. The van der Waals surface area contributed by atoms with E-state index in [1.54, 1.807) is 13.1 Å². The number of aromatic nitrogens is 2. The SMILES string of the molecule is Cc1ncc2c(n1)NS(=O)(=O)N=C2I. The van der Waals surface area contributed by atoms with Gasteiger partial charge in [0.15, 0.2) is 5.82 Å². The molecule has 0 amide bonds. The maximum atomic E-state index is 11.2. The molecule has 1 N–H and O–H groups in total. The Morgan fingerprint density at radius 1 is 1.50 bits per heavy atom. The molecule has 0 unspecified atom stereocenters. The van der Waals surface area contributed by atoms with Crippen molar-refractivity contribution in [2.45, 2.75) is 6.92 Å². The molecule has 0 aromatic carbocycles. The van der Waals surface area contributed by atoms with Crippen molar-refractivity contribution in [3.05, 3.63) is 17.6 Å². The zero-order valence-electron chi connectivity index (χ0n) is 7.02. The lowest BCUT2D eigenvalue weighted by molar-refractivity contribution is 0.602. The quantitative estimate of drug-likeness (QED) is 0.710. The first-order valence-electron chi connectivity index (χ1n) is 3.60. The first kappa shape index (κ1) is 9.77. The first-order valence-corrected chi connectivity index (χ1v) is 6.12. The predicted octanol–water partition coefficient (Wildman–Crippen LogP) is 0.637. The molecule has 1 aliphatic rings. The van der Waals surface area contributed by atoms with Crippen molar-refractivity contribution < 1.29 is 8.42 Å². The van der Waals surface area contributed by atoms with Gasteiger partial charge in [-0.25, -0.2) is 14.7 Å². The third-order valence-corrected chi connectivity index (χ3v) is 3.58. The monoisotopic (exact) mass is 324 g/mol. The second kappa shape index (κ2) is 3.12. The minimum atomic E-state index is -3.62. The van der Waals surface area contributed by atoms with E-state index in [1.807, 2.05) is 22.6 Å². The standard InChI is InChI=1S/C6H5IN4O2S/c1-3-8-2-4-5(7)10-14(12,13)11-6(4)9-3/h2H,1H3,(H,8,9,11). The van der Waals surface area contributed by atoms with Crippen molar-refractivity contribution in [3.8, 4) is 0 Å². The lowest BCUT2D eigenvalue weighted by Crippen LogP contribution is -2.20. The molecule has 1 aliphatic heterocycles. The van der Waals surface area contributed by atoms with Crippen LogP contribution in [-0.4, -0.2) is 22.1 Å². The van der Waals surface area contributed by atoms with Crippen LogP contribution in [0.3, 0.4) is 0 Å². The van der Waals surface area contributed by atoms with Crippen LogP contribution < -0.4 is 4.72 Å². The Morgan fingerprint density at radius 2 is 2.21 bits per heavy atom. The van der Waals surface area contributed by atoms with Gasteiger partial charge in [-0.3, -0.25) is 0 Å². The van der Waals surface area contributed by atoms with Crippen LogP contribution in [0, 0.1) is 6.92 Å². The van der Waals surface area contributed by atoms with E-state index in [2.05, 4.69) is 19.1 Å².